The minimum Gasteiger partial charge on any atom is -0.327 e. The van der Waals surface area contributed by atoms with Gasteiger partial charge >= 0.3 is 6.03 Å². The van der Waals surface area contributed by atoms with Crippen molar-refractivity contribution in [1.29, 1.82) is 0 Å². The van der Waals surface area contributed by atoms with Crippen molar-refractivity contribution in [2.24, 2.45) is 0 Å². The molecule has 4 nitrogen and oxygen atoms in total. The Morgan fingerprint density at radius 3 is 1.51 bits per heavy atom. The van der Waals surface area contributed by atoms with Gasteiger partial charge in [0.25, 0.3) is 0 Å². The number of piperazine rings is 1. The van der Waals surface area contributed by atoms with Crippen LogP contribution in [-0.2, 0) is 5.41 Å². The number of nitrogens with one attached hydrogen (secondary N) is 1. The second-order valence-electron chi connectivity index (χ2n) is 11.4. The SMILES string of the molecule is CC(C)(C)c1ccc(C(c2ccccc2)N2CCN(C(=O)NC(c3ccccc3)c3ccccc3)CC2)cc1. The van der Waals surface area contributed by atoms with Gasteiger partial charge in [-0.05, 0) is 33.2 Å². The second-order valence-corrected chi connectivity index (χ2v) is 11.4. The normalized spacial score (nSPS) is 15.2. The minimum absolute atomic E-state index is 0.0156. The Bertz CT molecular complexity index is 1280. The van der Waals surface area contributed by atoms with Crippen LogP contribution in [0, 0.1) is 0 Å². The van der Waals surface area contributed by atoms with E-state index < -0.39 is 0 Å². The molecule has 4 aromatic rings. The summed E-state index contributed by atoms with van der Waals surface area (Å²) in [5, 5.41) is 3.32. The Labute approximate surface area is 233 Å². The zero-order chi connectivity index (χ0) is 27.2. The molecule has 0 aliphatic carbocycles. The number of urea groups is 1. The smallest absolute Gasteiger partial charge is 0.318 e. The maximum absolute atomic E-state index is 13.5. The number of nitrogens with zero attached hydrogens (tertiary/aromatic N) is 2. The number of hydrogen-bond acceptors (Lipinski definition) is 2. The van der Waals surface area contributed by atoms with Gasteiger partial charge in [-0.2, -0.15) is 0 Å². The molecule has 0 saturated carbocycles. The Hall–Kier alpha value is -3.89. The predicted octanol–water partition coefficient (Wildman–Crippen LogP) is 7.19. The van der Waals surface area contributed by atoms with E-state index in [9.17, 15) is 4.79 Å². The van der Waals surface area contributed by atoms with Crippen LogP contribution in [0.4, 0.5) is 4.79 Å². The lowest BCUT2D eigenvalue weighted by Gasteiger charge is -2.40. The average molecular weight is 518 g/mol. The predicted molar refractivity (Wildman–Crippen MR) is 160 cm³/mol. The summed E-state index contributed by atoms with van der Waals surface area (Å²) < 4.78 is 0. The zero-order valence-electron chi connectivity index (χ0n) is 23.3. The molecule has 1 N–H and O–H groups in total. The van der Waals surface area contributed by atoms with Gasteiger partial charge in [-0.3, -0.25) is 4.90 Å². The van der Waals surface area contributed by atoms with Gasteiger partial charge in [-0.1, -0.05) is 136 Å². The number of carbonyl (C=O) groups is 1. The largest absolute Gasteiger partial charge is 0.327 e. The first-order chi connectivity index (χ1) is 18.9. The number of carbonyl (C=O) groups excluding carboxylic acids is 1. The standard InChI is InChI=1S/C35H39N3O/c1-35(2,3)31-21-19-30(20-22-31)33(29-17-11-6-12-18-29)37-23-25-38(26-24-37)34(39)36-32(27-13-7-4-8-14-27)28-15-9-5-10-16-28/h4-22,32-33H,23-26H2,1-3H3,(H,36,39). The van der Waals surface area contributed by atoms with Crippen LogP contribution in [0.5, 0.6) is 0 Å². The molecule has 2 amide bonds. The minimum atomic E-state index is -0.184. The van der Waals surface area contributed by atoms with E-state index in [0.29, 0.717) is 13.1 Å². The van der Waals surface area contributed by atoms with Gasteiger partial charge in [0.2, 0.25) is 0 Å². The summed E-state index contributed by atoms with van der Waals surface area (Å²) in [7, 11) is 0. The topological polar surface area (TPSA) is 35.6 Å². The van der Waals surface area contributed by atoms with E-state index in [2.05, 4.69) is 110 Å². The van der Waals surface area contributed by atoms with E-state index >= 15 is 0 Å². The molecule has 1 aliphatic heterocycles. The van der Waals surface area contributed by atoms with Crippen LogP contribution in [0.1, 0.15) is 60.7 Å². The summed E-state index contributed by atoms with van der Waals surface area (Å²) in [4.78, 5) is 18.0. The summed E-state index contributed by atoms with van der Waals surface area (Å²) in [5.74, 6) is 0. The van der Waals surface area contributed by atoms with E-state index in [0.717, 1.165) is 24.2 Å². The fraction of sp³-hybridized carbons (Fsp3) is 0.286. The summed E-state index contributed by atoms with van der Waals surface area (Å²) in [6.45, 7) is 9.76. The molecule has 200 valence electrons. The van der Waals surface area contributed by atoms with E-state index in [1.807, 2.05) is 41.3 Å². The lowest BCUT2D eigenvalue weighted by atomic mass is 9.85. The van der Waals surface area contributed by atoms with Gasteiger partial charge in [0.1, 0.15) is 0 Å². The fourth-order valence-electron chi connectivity index (χ4n) is 5.46. The van der Waals surface area contributed by atoms with Crippen molar-refractivity contribution in [1.82, 2.24) is 15.1 Å². The van der Waals surface area contributed by atoms with Crippen molar-refractivity contribution < 1.29 is 4.79 Å². The first-order valence-electron chi connectivity index (χ1n) is 13.9. The molecule has 0 aromatic heterocycles. The molecule has 4 aromatic carbocycles. The molecule has 39 heavy (non-hydrogen) atoms. The van der Waals surface area contributed by atoms with Crippen LogP contribution in [0.25, 0.3) is 0 Å². The van der Waals surface area contributed by atoms with Gasteiger partial charge in [-0.25, -0.2) is 4.79 Å². The maximum Gasteiger partial charge on any atom is 0.318 e. The van der Waals surface area contributed by atoms with Crippen molar-refractivity contribution in [2.45, 2.75) is 38.3 Å². The van der Waals surface area contributed by atoms with Gasteiger partial charge in [0, 0.05) is 26.2 Å². The van der Waals surface area contributed by atoms with E-state index in [-0.39, 0.29) is 23.5 Å². The first-order valence-corrected chi connectivity index (χ1v) is 13.9. The van der Waals surface area contributed by atoms with E-state index in [1.165, 1.54) is 16.7 Å². The van der Waals surface area contributed by atoms with E-state index in [4.69, 9.17) is 0 Å². The summed E-state index contributed by atoms with van der Waals surface area (Å²) in [6, 6.07) is 40.2. The molecular formula is C35H39N3O. The molecule has 1 saturated heterocycles. The second kappa shape index (κ2) is 11.9. The van der Waals surface area contributed by atoms with Crippen LogP contribution in [0.15, 0.2) is 115 Å². The highest BCUT2D eigenvalue weighted by molar-refractivity contribution is 5.75. The Morgan fingerprint density at radius 2 is 1.05 bits per heavy atom. The van der Waals surface area contributed by atoms with Crippen LogP contribution >= 0.6 is 0 Å². The molecule has 0 bridgehead atoms. The Balaban J connectivity index is 1.31. The molecule has 4 heteroatoms. The van der Waals surface area contributed by atoms with Crippen LogP contribution < -0.4 is 5.32 Å². The van der Waals surface area contributed by atoms with Crippen molar-refractivity contribution in [2.75, 3.05) is 26.2 Å². The number of rotatable bonds is 6. The summed E-state index contributed by atoms with van der Waals surface area (Å²) >= 11 is 0. The average Bonchev–Trinajstić information content (AvgIpc) is 2.97. The van der Waals surface area contributed by atoms with Gasteiger partial charge in [-0.15, -0.1) is 0 Å². The molecule has 1 aliphatic rings. The molecule has 5 rings (SSSR count). The molecular weight excluding hydrogens is 478 g/mol. The number of benzene rings is 4. The molecule has 1 fully saturated rings. The zero-order valence-corrected chi connectivity index (χ0v) is 23.3. The van der Waals surface area contributed by atoms with Gasteiger partial charge < -0.3 is 10.2 Å². The van der Waals surface area contributed by atoms with Crippen molar-refractivity contribution in [3.8, 4) is 0 Å². The van der Waals surface area contributed by atoms with E-state index in [1.54, 1.807) is 0 Å². The highest BCUT2D eigenvalue weighted by atomic mass is 16.2. The third-order valence-corrected chi connectivity index (χ3v) is 7.71. The molecule has 1 heterocycles. The Kier molecular flexibility index (Phi) is 8.13. The lowest BCUT2D eigenvalue weighted by Crippen LogP contribution is -2.53. The van der Waals surface area contributed by atoms with Crippen LogP contribution in [0.3, 0.4) is 0 Å². The number of amides is 2. The van der Waals surface area contributed by atoms with Crippen molar-refractivity contribution in [3.05, 3.63) is 143 Å². The monoisotopic (exact) mass is 517 g/mol. The fourth-order valence-corrected chi connectivity index (χ4v) is 5.46. The summed E-state index contributed by atoms with van der Waals surface area (Å²) in [6.07, 6.45) is 0. The van der Waals surface area contributed by atoms with Crippen LogP contribution in [-0.4, -0.2) is 42.0 Å². The third-order valence-electron chi connectivity index (χ3n) is 7.71. The maximum atomic E-state index is 13.5. The quantitative estimate of drug-likeness (QED) is 0.294. The third kappa shape index (κ3) is 6.40. The van der Waals surface area contributed by atoms with Gasteiger partial charge in [0.15, 0.2) is 0 Å². The lowest BCUT2D eigenvalue weighted by molar-refractivity contribution is 0.119. The highest BCUT2D eigenvalue weighted by Gasteiger charge is 2.29. The molecule has 0 radical (unpaired) electrons. The highest BCUT2D eigenvalue weighted by Crippen LogP contribution is 2.32. The van der Waals surface area contributed by atoms with Crippen LogP contribution in [0.2, 0.25) is 0 Å². The first kappa shape index (κ1) is 26.7. The molecule has 1 atom stereocenters. The number of hydrogen-bond donors (Lipinski definition) is 1. The molecule has 0 spiro atoms. The summed E-state index contributed by atoms with van der Waals surface area (Å²) in [5.41, 5.74) is 6.20. The van der Waals surface area contributed by atoms with Crippen molar-refractivity contribution >= 4 is 6.03 Å². The Morgan fingerprint density at radius 1 is 0.615 bits per heavy atom. The van der Waals surface area contributed by atoms with Crippen molar-refractivity contribution in [3.63, 3.8) is 0 Å². The van der Waals surface area contributed by atoms with Gasteiger partial charge in [0.05, 0.1) is 12.1 Å². The molecule has 1 unspecified atom stereocenters.